The lowest BCUT2D eigenvalue weighted by atomic mass is 10.1. The fourth-order valence-corrected chi connectivity index (χ4v) is 2.09. The molecule has 0 spiro atoms. The fraction of sp³-hybridized carbons (Fsp3) is 0.125. The van der Waals surface area contributed by atoms with E-state index in [1.165, 1.54) is 0 Å². The van der Waals surface area contributed by atoms with Crippen LogP contribution in [0.3, 0.4) is 0 Å². The van der Waals surface area contributed by atoms with Gasteiger partial charge in [0.15, 0.2) is 0 Å². The average Bonchev–Trinajstić information content (AvgIpc) is 2.49. The third-order valence-electron chi connectivity index (χ3n) is 3.19. The SMILES string of the molecule is Cc1nnc(OCc2ccc(N)cc2)c2ccccc12. The number of benzene rings is 2. The maximum Gasteiger partial charge on any atom is 0.241 e. The van der Waals surface area contributed by atoms with E-state index in [1.807, 2.05) is 55.5 Å². The van der Waals surface area contributed by atoms with E-state index in [4.69, 9.17) is 10.5 Å². The molecule has 0 unspecified atom stereocenters. The summed E-state index contributed by atoms with van der Waals surface area (Å²) in [6.45, 7) is 2.39. The van der Waals surface area contributed by atoms with E-state index in [0.29, 0.717) is 12.5 Å². The standard InChI is InChI=1S/C16H15N3O/c1-11-14-4-2-3-5-15(14)16(19-18-11)20-10-12-6-8-13(17)9-7-12/h2-9H,10,17H2,1H3. The topological polar surface area (TPSA) is 61.0 Å². The Kier molecular flexibility index (Phi) is 3.21. The number of nitrogens with zero attached hydrogens (tertiary/aromatic N) is 2. The van der Waals surface area contributed by atoms with Crippen LogP contribution < -0.4 is 10.5 Å². The molecule has 0 saturated heterocycles. The Morgan fingerprint density at radius 3 is 2.40 bits per heavy atom. The van der Waals surface area contributed by atoms with Gasteiger partial charge >= 0.3 is 0 Å². The van der Waals surface area contributed by atoms with Crippen LogP contribution in [0.25, 0.3) is 10.8 Å². The predicted molar refractivity (Wildman–Crippen MR) is 79.5 cm³/mol. The molecular weight excluding hydrogens is 250 g/mol. The normalized spacial score (nSPS) is 10.7. The summed E-state index contributed by atoms with van der Waals surface area (Å²) in [5.41, 5.74) is 8.36. The van der Waals surface area contributed by atoms with Gasteiger partial charge in [-0.2, -0.15) is 5.10 Å². The number of anilines is 1. The first kappa shape index (κ1) is 12.4. The van der Waals surface area contributed by atoms with Crippen molar-refractivity contribution in [1.82, 2.24) is 10.2 Å². The number of hydrogen-bond acceptors (Lipinski definition) is 4. The quantitative estimate of drug-likeness (QED) is 0.739. The molecule has 2 N–H and O–H groups in total. The first-order valence-corrected chi connectivity index (χ1v) is 6.43. The summed E-state index contributed by atoms with van der Waals surface area (Å²) < 4.78 is 5.79. The molecule has 0 fully saturated rings. The number of aryl methyl sites for hydroxylation is 1. The summed E-state index contributed by atoms with van der Waals surface area (Å²) in [5, 5.41) is 10.3. The molecule has 4 heteroatoms. The molecule has 3 aromatic rings. The van der Waals surface area contributed by atoms with Crippen molar-refractivity contribution in [2.45, 2.75) is 13.5 Å². The van der Waals surface area contributed by atoms with Gasteiger partial charge in [0.25, 0.3) is 0 Å². The van der Waals surface area contributed by atoms with Crippen LogP contribution in [0.5, 0.6) is 5.88 Å². The van der Waals surface area contributed by atoms with Gasteiger partial charge in [0, 0.05) is 16.5 Å². The smallest absolute Gasteiger partial charge is 0.241 e. The second kappa shape index (κ2) is 5.17. The summed E-state index contributed by atoms with van der Waals surface area (Å²) in [4.78, 5) is 0. The Bertz CT molecular complexity index is 738. The van der Waals surface area contributed by atoms with Gasteiger partial charge in [0.1, 0.15) is 6.61 Å². The molecule has 2 aromatic carbocycles. The van der Waals surface area contributed by atoms with Gasteiger partial charge in [-0.05, 0) is 30.7 Å². The van der Waals surface area contributed by atoms with E-state index in [-0.39, 0.29) is 0 Å². The van der Waals surface area contributed by atoms with Crippen molar-refractivity contribution >= 4 is 16.5 Å². The van der Waals surface area contributed by atoms with Crippen molar-refractivity contribution in [3.63, 3.8) is 0 Å². The molecule has 0 aliphatic heterocycles. The molecule has 1 aromatic heterocycles. The maximum atomic E-state index is 5.79. The highest BCUT2D eigenvalue weighted by molar-refractivity contribution is 5.88. The number of aromatic nitrogens is 2. The van der Waals surface area contributed by atoms with E-state index < -0.39 is 0 Å². The van der Waals surface area contributed by atoms with Gasteiger partial charge < -0.3 is 10.5 Å². The molecule has 0 aliphatic rings. The Morgan fingerprint density at radius 1 is 0.950 bits per heavy atom. The van der Waals surface area contributed by atoms with Crippen molar-refractivity contribution in [3.8, 4) is 5.88 Å². The molecule has 0 saturated carbocycles. The van der Waals surface area contributed by atoms with Crippen LogP contribution in [0, 0.1) is 6.92 Å². The highest BCUT2D eigenvalue weighted by Crippen LogP contribution is 2.24. The summed E-state index contributed by atoms with van der Waals surface area (Å²) in [7, 11) is 0. The first-order valence-electron chi connectivity index (χ1n) is 6.43. The minimum absolute atomic E-state index is 0.446. The van der Waals surface area contributed by atoms with Crippen LogP contribution in [-0.2, 0) is 6.61 Å². The summed E-state index contributed by atoms with van der Waals surface area (Å²) >= 11 is 0. The Labute approximate surface area is 117 Å². The second-order valence-corrected chi connectivity index (χ2v) is 4.67. The highest BCUT2D eigenvalue weighted by Gasteiger charge is 2.07. The third-order valence-corrected chi connectivity index (χ3v) is 3.19. The lowest BCUT2D eigenvalue weighted by Crippen LogP contribution is -2.00. The van der Waals surface area contributed by atoms with Crippen molar-refractivity contribution in [3.05, 3.63) is 59.8 Å². The van der Waals surface area contributed by atoms with Crippen LogP contribution in [0.1, 0.15) is 11.3 Å². The molecule has 0 bridgehead atoms. The van der Waals surface area contributed by atoms with E-state index >= 15 is 0 Å². The van der Waals surface area contributed by atoms with Crippen LogP contribution in [-0.4, -0.2) is 10.2 Å². The average molecular weight is 265 g/mol. The number of hydrogen-bond donors (Lipinski definition) is 1. The molecular formula is C16H15N3O. The van der Waals surface area contributed by atoms with Gasteiger partial charge in [0.2, 0.25) is 5.88 Å². The summed E-state index contributed by atoms with van der Waals surface area (Å²) in [5.74, 6) is 0.558. The van der Waals surface area contributed by atoms with Gasteiger partial charge in [-0.15, -0.1) is 5.10 Å². The van der Waals surface area contributed by atoms with Crippen LogP contribution in [0.15, 0.2) is 48.5 Å². The number of fused-ring (bicyclic) bond motifs is 1. The van der Waals surface area contributed by atoms with Crippen LogP contribution in [0.4, 0.5) is 5.69 Å². The van der Waals surface area contributed by atoms with Gasteiger partial charge in [-0.1, -0.05) is 30.3 Å². The van der Waals surface area contributed by atoms with Gasteiger partial charge in [-0.3, -0.25) is 0 Å². The van der Waals surface area contributed by atoms with E-state index in [1.54, 1.807) is 0 Å². The highest BCUT2D eigenvalue weighted by atomic mass is 16.5. The zero-order valence-corrected chi connectivity index (χ0v) is 11.2. The van der Waals surface area contributed by atoms with Crippen molar-refractivity contribution < 1.29 is 4.74 Å². The van der Waals surface area contributed by atoms with Gasteiger partial charge in [0.05, 0.1) is 5.69 Å². The number of nitrogens with two attached hydrogens (primary N) is 1. The zero-order chi connectivity index (χ0) is 13.9. The van der Waals surface area contributed by atoms with E-state index in [9.17, 15) is 0 Å². The Morgan fingerprint density at radius 2 is 1.65 bits per heavy atom. The van der Waals surface area contributed by atoms with Crippen LogP contribution >= 0.6 is 0 Å². The Hall–Kier alpha value is -2.62. The molecule has 4 nitrogen and oxygen atoms in total. The molecule has 0 radical (unpaired) electrons. The molecule has 3 rings (SSSR count). The predicted octanol–water partition coefficient (Wildman–Crippen LogP) is 3.10. The molecule has 0 atom stereocenters. The summed E-state index contributed by atoms with van der Waals surface area (Å²) in [6, 6.07) is 15.6. The molecule has 0 aliphatic carbocycles. The maximum absolute atomic E-state index is 5.79. The zero-order valence-electron chi connectivity index (χ0n) is 11.2. The minimum Gasteiger partial charge on any atom is -0.471 e. The number of nitrogen functional groups attached to an aromatic ring is 1. The van der Waals surface area contributed by atoms with Crippen molar-refractivity contribution in [2.75, 3.05) is 5.73 Å². The molecule has 1 heterocycles. The van der Waals surface area contributed by atoms with Crippen molar-refractivity contribution in [2.24, 2.45) is 0 Å². The van der Waals surface area contributed by atoms with Crippen molar-refractivity contribution in [1.29, 1.82) is 0 Å². The lowest BCUT2D eigenvalue weighted by molar-refractivity contribution is 0.294. The van der Waals surface area contributed by atoms with Crippen LogP contribution in [0.2, 0.25) is 0 Å². The van der Waals surface area contributed by atoms with Gasteiger partial charge in [-0.25, -0.2) is 0 Å². The number of rotatable bonds is 3. The molecule has 20 heavy (non-hydrogen) atoms. The fourth-order valence-electron chi connectivity index (χ4n) is 2.09. The minimum atomic E-state index is 0.446. The molecule has 100 valence electrons. The Balaban J connectivity index is 1.88. The summed E-state index contributed by atoms with van der Waals surface area (Å²) in [6.07, 6.45) is 0. The third kappa shape index (κ3) is 2.40. The number of ether oxygens (including phenoxy) is 1. The monoisotopic (exact) mass is 265 g/mol. The second-order valence-electron chi connectivity index (χ2n) is 4.67. The first-order chi connectivity index (χ1) is 9.74. The lowest BCUT2D eigenvalue weighted by Gasteiger charge is -2.09. The molecule has 0 amide bonds. The van der Waals surface area contributed by atoms with E-state index in [0.717, 1.165) is 27.7 Å². The van der Waals surface area contributed by atoms with E-state index in [2.05, 4.69) is 10.2 Å². The largest absolute Gasteiger partial charge is 0.471 e.